The van der Waals surface area contributed by atoms with Crippen molar-refractivity contribution in [3.63, 3.8) is 0 Å². The second-order valence-corrected chi connectivity index (χ2v) is 9.17. The van der Waals surface area contributed by atoms with Crippen LogP contribution >= 0.6 is 0 Å². The monoisotopic (exact) mass is 486 g/mol. The van der Waals surface area contributed by atoms with Crippen molar-refractivity contribution in [2.45, 2.75) is 0 Å². The molecule has 0 bridgehead atoms. The third-order valence-electron chi connectivity index (χ3n) is 5.02. The standard InChI is InChI=1S/C26H22N4O4S/c31-25(18-27-35(33,34)16-15-19-9-3-1-4-10-19)29-30-26(32)22-17-24(20-11-5-2-6-12-20)28-23-14-8-7-13-21(22)23/h1-17,27H,18H2,(H,29,31)(H,30,32)/b16-15+. The lowest BCUT2D eigenvalue weighted by Crippen LogP contribution is -2.46. The molecule has 176 valence electrons. The smallest absolute Gasteiger partial charge is 0.270 e. The predicted octanol–water partition coefficient (Wildman–Crippen LogP) is 3.25. The number of carbonyl (C=O) groups is 2. The van der Waals surface area contributed by atoms with E-state index in [1.807, 2.05) is 42.5 Å². The summed E-state index contributed by atoms with van der Waals surface area (Å²) in [5.41, 5.74) is 7.69. The molecule has 35 heavy (non-hydrogen) atoms. The summed E-state index contributed by atoms with van der Waals surface area (Å²) < 4.78 is 26.4. The van der Waals surface area contributed by atoms with Gasteiger partial charge in [0.15, 0.2) is 0 Å². The molecule has 9 heteroatoms. The fourth-order valence-corrected chi connectivity index (χ4v) is 4.07. The number of fused-ring (bicyclic) bond motifs is 1. The fraction of sp³-hybridized carbons (Fsp3) is 0.0385. The molecule has 4 rings (SSSR count). The number of hydrazine groups is 1. The maximum absolute atomic E-state index is 12.9. The van der Waals surface area contributed by atoms with Crippen molar-refractivity contribution in [1.82, 2.24) is 20.6 Å². The Kier molecular flexibility index (Phi) is 7.30. The Labute approximate surface area is 202 Å². The van der Waals surface area contributed by atoms with Gasteiger partial charge in [-0.15, -0.1) is 0 Å². The topological polar surface area (TPSA) is 117 Å². The molecule has 0 atom stereocenters. The SMILES string of the molecule is O=C(CNS(=O)(=O)/C=C/c1ccccc1)NNC(=O)c1cc(-c2ccccc2)nc2ccccc12. The number of amides is 2. The fourth-order valence-electron chi connectivity index (χ4n) is 3.30. The summed E-state index contributed by atoms with van der Waals surface area (Å²) in [5.74, 6) is -1.28. The Morgan fingerprint density at radius 2 is 1.49 bits per heavy atom. The first-order valence-corrected chi connectivity index (χ1v) is 12.2. The van der Waals surface area contributed by atoms with Crippen LogP contribution in [0.3, 0.4) is 0 Å². The number of benzene rings is 3. The third-order valence-corrected chi connectivity index (χ3v) is 6.06. The van der Waals surface area contributed by atoms with Crippen molar-refractivity contribution in [2.75, 3.05) is 6.54 Å². The minimum absolute atomic E-state index is 0.320. The van der Waals surface area contributed by atoms with Gasteiger partial charge < -0.3 is 0 Å². The van der Waals surface area contributed by atoms with Crippen molar-refractivity contribution in [1.29, 1.82) is 0 Å². The Balaban J connectivity index is 1.41. The molecular weight excluding hydrogens is 464 g/mol. The van der Waals surface area contributed by atoms with Gasteiger partial charge in [-0.05, 0) is 23.8 Å². The van der Waals surface area contributed by atoms with Gasteiger partial charge in [0.05, 0.1) is 23.3 Å². The molecule has 3 aromatic carbocycles. The molecular formula is C26H22N4O4S. The largest absolute Gasteiger partial charge is 0.272 e. The van der Waals surface area contributed by atoms with Crippen LogP contribution in [0.25, 0.3) is 28.2 Å². The highest BCUT2D eigenvalue weighted by atomic mass is 32.2. The van der Waals surface area contributed by atoms with Crippen LogP contribution in [0.15, 0.2) is 96.4 Å². The van der Waals surface area contributed by atoms with Crippen LogP contribution in [0.4, 0.5) is 0 Å². The molecule has 0 fully saturated rings. The minimum Gasteiger partial charge on any atom is -0.272 e. The van der Waals surface area contributed by atoms with Gasteiger partial charge in [0.25, 0.3) is 11.8 Å². The molecule has 0 aliphatic heterocycles. The molecule has 2 amide bonds. The summed E-state index contributed by atoms with van der Waals surface area (Å²) in [6.07, 6.45) is 1.42. The van der Waals surface area contributed by atoms with E-state index in [-0.39, 0.29) is 0 Å². The zero-order chi connectivity index (χ0) is 24.7. The predicted molar refractivity (Wildman–Crippen MR) is 135 cm³/mol. The summed E-state index contributed by atoms with van der Waals surface area (Å²) in [6, 6.07) is 27.1. The summed E-state index contributed by atoms with van der Waals surface area (Å²) >= 11 is 0. The molecule has 0 unspecified atom stereocenters. The van der Waals surface area contributed by atoms with E-state index in [0.717, 1.165) is 11.0 Å². The number of nitrogens with zero attached hydrogens (tertiary/aromatic N) is 1. The molecule has 0 radical (unpaired) electrons. The van der Waals surface area contributed by atoms with Crippen LogP contribution in [0.1, 0.15) is 15.9 Å². The number of hydrogen-bond donors (Lipinski definition) is 3. The average molecular weight is 487 g/mol. The van der Waals surface area contributed by atoms with E-state index in [1.165, 1.54) is 6.08 Å². The maximum atomic E-state index is 12.9. The Morgan fingerprint density at radius 3 is 2.23 bits per heavy atom. The minimum atomic E-state index is -3.84. The Bertz CT molecular complexity index is 1490. The normalized spacial score (nSPS) is 11.4. The van der Waals surface area contributed by atoms with Crippen LogP contribution in [-0.2, 0) is 14.8 Å². The number of nitrogens with one attached hydrogen (secondary N) is 3. The highest BCUT2D eigenvalue weighted by Gasteiger charge is 2.15. The lowest BCUT2D eigenvalue weighted by Gasteiger charge is -2.11. The zero-order valence-corrected chi connectivity index (χ0v) is 19.3. The van der Waals surface area contributed by atoms with E-state index < -0.39 is 28.4 Å². The molecule has 1 heterocycles. The van der Waals surface area contributed by atoms with Gasteiger partial charge in [0.2, 0.25) is 10.0 Å². The number of aromatic nitrogens is 1. The first-order valence-electron chi connectivity index (χ1n) is 10.7. The van der Waals surface area contributed by atoms with Gasteiger partial charge in [-0.1, -0.05) is 78.9 Å². The molecule has 0 spiro atoms. The first-order chi connectivity index (χ1) is 16.9. The van der Waals surface area contributed by atoms with Crippen molar-refractivity contribution >= 4 is 38.8 Å². The maximum Gasteiger partial charge on any atom is 0.270 e. The van der Waals surface area contributed by atoms with Crippen LogP contribution in [0.2, 0.25) is 0 Å². The van der Waals surface area contributed by atoms with E-state index in [9.17, 15) is 18.0 Å². The molecule has 0 saturated heterocycles. The lowest BCUT2D eigenvalue weighted by molar-refractivity contribution is -0.120. The lowest BCUT2D eigenvalue weighted by atomic mass is 10.0. The van der Waals surface area contributed by atoms with E-state index >= 15 is 0 Å². The van der Waals surface area contributed by atoms with Crippen LogP contribution in [0.5, 0.6) is 0 Å². The molecule has 0 aliphatic carbocycles. The van der Waals surface area contributed by atoms with E-state index in [4.69, 9.17) is 0 Å². The zero-order valence-electron chi connectivity index (χ0n) is 18.5. The Hall–Kier alpha value is -4.34. The van der Waals surface area contributed by atoms with E-state index in [0.29, 0.717) is 27.7 Å². The number of carbonyl (C=O) groups excluding carboxylic acids is 2. The van der Waals surface area contributed by atoms with Gasteiger partial charge in [0, 0.05) is 16.4 Å². The molecule has 0 saturated carbocycles. The number of rotatable bonds is 7. The van der Waals surface area contributed by atoms with Gasteiger partial charge >= 0.3 is 0 Å². The highest BCUT2D eigenvalue weighted by molar-refractivity contribution is 7.92. The van der Waals surface area contributed by atoms with Crippen molar-refractivity contribution in [3.05, 3.63) is 108 Å². The summed E-state index contributed by atoms with van der Waals surface area (Å²) in [5, 5.41) is 1.59. The second kappa shape index (κ2) is 10.7. The van der Waals surface area contributed by atoms with Crippen molar-refractivity contribution < 1.29 is 18.0 Å². The number of sulfonamides is 1. The van der Waals surface area contributed by atoms with E-state index in [2.05, 4.69) is 20.6 Å². The molecule has 8 nitrogen and oxygen atoms in total. The van der Waals surface area contributed by atoms with Crippen LogP contribution in [0, 0.1) is 0 Å². The molecule has 4 aromatic rings. The molecule has 1 aromatic heterocycles. The van der Waals surface area contributed by atoms with Crippen LogP contribution < -0.4 is 15.6 Å². The summed E-state index contributed by atoms with van der Waals surface area (Å²) in [6.45, 7) is -0.548. The van der Waals surface area contributed by atoms with Crippen molar-refractivity contribution in [2.24, 2.45) is 0 Å². The molecule has 3 N–H and O–H groups in total. The van der Waals surface area contributed by atoms with Gasteiger partial charge in [-0.25, -0.2) is 18.1 Å². The number of para-hydroxylation sites is 1. The first kappa shape index (κ1) is 23.8. The quantitative estimate of drug-likeness (QED) is 0.347. The van der Waals surface area contributed by atoms with Gasteiger partial charge in [-0.3, -0.25) is 20.4 Å². The number of hydrogen-bond acceptors (Lipinski definition) is 5. The van der Waals surface area contributed by atoms with Gasteiger partial charge in [0.1, 0.15) is 0 Å². The second-order valence-electron chi connectivity index (χ2n) is 7.52. The third kappa shape index (κ3) is 6.38. The average Bonchev–Trinajstić information content (AvgIpc) is 2.90. The summed E-state index contributed by atoms with van der Waals surface area (Å²) in [4.78, 5) is 29.7. The van der Waals surface area contributed by atoms with Gasteiger partial charge in [-0.2, -0.15) is 0 Å². The Morgan fingerprint density at radius 1 is 0.829 bits per heavy atom. The number of pyridine rings is 1. The van der Waals surface area contributed by atoms with E-state index in [1.54, 1.807) is 48.5 Å². The highest BCUT2D eigenvalue weighted by Crippen LogP contribution is 2.24. The molecule has 0 aliphatic rings. The van der Waals surface area contributed by atoms with Crippen molar-refractivity contribution in [3.8, 4) is 11.3 Å². The van der Waals surface area contributed by atoms with Crippen LogP contribution in [-0.4, -0.2) is 31.8 Å². The summed E-state index contributed by atoms with van der Waals surface area (Å²) in [7, 11) is -3.84.